The normalized spacial score (nSPS) is 16.2. The highest BCUT2D eigenvalue weighted by Gasteiger charge is 2.39. The van der Waals surface area contributed by atoms with E-state index in [4.69, 9.17) is 0 Å². The number of nitrogens with zero attached hydrogens (tertiary/aromatic N) is 1. The molecule has 0 saturated carbocycles. The average Bonchev–Trinajstić information content (AvgIpc) is 3.00. The number of aryl methyl sites for hydroxylation is 2. The van der Waals surface area contributed by atoms with Crippen LogP contribution in [0.2, 0.25) is 0 Å². The lowest BCUT2D eigenvalue weighted by Crippen LogP contribution is -2.49. The summed E-state index contributed by atoms with van der Waals surface area (Å²) in [5.74, 6) is 0. The fraction of sp³-hybridized carbons (Fsp3) is 0.212. The summed E-state index contributed by atoms with van der Waals surface area (Å²) in [6.45, 7) is 9.19. The smallest absolute Gasteiger partial charge is 0.106 e. The molecule has 2 aliphatic heterocycles. The summed E-state index contributed by atoms with van der Waals surface area (Å²) in [4.78, 5) is 0. The number of fused-ring (bicyclic) bond motifs is 8. The summed E-state index contributed by atoms with van der Waals surface area (Å²) < 4.78 is 1.12. The predicted molar refractivity (Wildman–Crippen MR) is 143 cm³/mol. The topological polar surface area (TPSA) is 0 Å². The van der Waals surface area contributed by atoms with Gasteiger partial charge in [-0.2, -0.15) is 0 Å². The molecule has 1 heteroatoms. The third-order valence-corrected chi connectivity index (χ3v) is 8.48. The zero-order valence-electron chi connectivity index (χ0n) is 20.1. The second-order valence-corrected chi connectivity index (χ2v) is 10.6. The van der Waals surface area contributed by atoms with Crippen LogP contribution in [0, 0.1) is 13.8 Å². The lowest BCUT2D eigenvalue weighted by atomic mass is 9.85. The summed E-state index contributed by atoms with van der Waals surface area (Å²) in [5, 5.41) is 5.51. The lowest BCUT2D eigenvalue weighted by Gasteiger charge is -2.42. The SMILES string of the molecule is Cc1cc2ccccc2c2c1C[N+]1(CCc3ccccc3C1)Cc1c(C)cc3ccccc3c1-2. The maximum Gasteiger partial charge on any atom is 0.106 e. The molecule has 1 spiro atoms. The van der Waals surface area contributed by atoms with Gasteiger partial charge in [0.2, 0.25) is 0 Å². The minimum atomic E-state index is 1.10. The maximum atomic E-state index is 2.42. The third kappa shape index (κ3) is 2.90. The fourth-order valence-electron chi connectivity index (χ4n) is 6.79. The standard InChI is InChI=1S/C33H30N/c1-22-17-25-10-5-7-13-28(25)32-30(22)20-34(16-15-24-9-3-4-12-27(24)19-34)21-31-23(2)18-26-11-6-8-14-29(26)33(31)32/h3-14,17-18H,15-16,19-21H2,1-2H3/q+1. The summed E-state index contributed by atoms with van der Waals surface area (Å²) in [6, 6.07) is 32.0. The van der Waals surface area contributed by atoms with Crippen LogP contribution in [0.15, 0.2) is 84.9 Å². The molecule has 0 fully saturated rings. The molecule has 0 radical (unpaired) electrons. The second kappa shape index (κ2) is 7.29. The molecular formula is C33H30N+. The van der Waals surface area contributed by atoms with E-state index in [0.717, 1.165) is 24.1 Å². The van der Waals surface area contributed by atoms with E-state index in [9.17, 15) is 0 Å². The number of quaternary nitrogens is 1. The van der Waals surface area contributed by atoms with Crippen LogP contribution in [0.4, 0.5) is 0 Å². The molecule has 7 rings (SSSR count). The number of benzene rings is 5. The Morgan fingerprint density at radius 3 is 1.65 bits per heavy atom. The van der Waals surface area contributed by atoms with Gasteiger partial charge in [0.25, 0.3) is 0 Å². The van der Waals surface area contributed by atoms with E-state index in [2.05, 4.69) is 98.8 Å². The summed E-state index contributed by atoms with van der Waals surface area (Å²) in [7, 11) is 0. The van der Waals surface area contributed by atoms with Crippen LogP contribution in [0.5, 0.6) is 0 Å². The van der Waals surface area contributed by atoms with Gasteiger partial charge in [0, 0.05) is 23.1 Å². The van der Waals surface area contributed by atoms with Crippen LogP contribution >= 0.6 is 0 Å². The Balaban J connectivity index is 1.59. The highest BCUT2D eigenvalue weighted by molar-refractivity contribution is 6.08. The predicted octanol–water partition coefficient (Wildman–Crippen LogP) is 7.86. The van der Waals surface area contributed by atoms with Gasteiger partial charge in [-0.25, -0.2) is 0 Å². The zero-order valence-corrected chi connectivity index (χ0v) is 20.1. The molecular weight excluding hydrogens is 410 g/mol. The van der Waals surface area contributed by atoms with E-state index < -0.39 is 0 Å². The third-order valence-electron chi connectivity index (χ3n) is 8.48. The first kappa shape index (κ1) is 20.0. The average molecular weight is 441 g/mol. The van der Waals surface area contributed by atoms with Crippen molar-refractivity contribution < 1.29 is 4.48 Å². The molecule has 5 aromatic carbocycles. The lowest BCUT2D eigenvalue weighted by molar-refractivity contribution is -0.967. The molecule has 166 valence electrons. The van der Waals surface area contributed by atoms with Crippen molar-refractivity contribution in [3.8, 4) is 11.1 Å². The Kier molecular flexibility index (Phi) is 4.29. The Hall–Kier alpha value is -3.42. The molecule has 0 aromatic heterocycles. The van der Waals surface area contributed by atoms with Gasteiger partial charge in [-0.15, -0.1) is 0 Å². The molecule has 0 amide bonds. The van der Waals surface area contributed by atoms with Gasteiger partial charge in [0.1, 0.15) is 19.6 Å². The van der Waals surface area contributed by atoms with Crippen LogP contribution in [-0.2, 0) is 26.1 Å². The molecule has 0 aliphatic carbocycles. The molecule has 5 aromatic rings. The molecule has 0 saturated heterocycles. The molecule has 2 heterocycles. The largest absolute Gasteiger partial charge is 0.312 e. The molecule has 0 bridgehead atoms. The first-order chi connectivity index (χ1) is 16.6. The van der Waals surface area contributed by atoms with Gasteiger partial charge in [-0.1, -0.05) is 84.9 Å². The maximum absolute atomic E-state index is 2.42. The Bertz CT molecular complexity index is 1510. The molecule has 0 unspecified atom stereocenters. The van der Waals surface area contributed by atoms with Crippen LogP contribution < -0.4 is 0 Å². The van der Waals surface area contributed by atoms with Crippen LogP contribution in [0.1, 0.15) is 33.4 Å². The van der Waals surface area contributed by atoms with Crippen molar-refractivity contribution in [2.75, 3.05) is 6.54 Å². The van der Waals surface area contributed by atoms with Crippen molar-refractivity contribution in [3.05, 3.63) is 118 Å². The second-order valence-electron chi connectivity index (χ2n) is 10.6. The summed E-state index contributed by atoms with van der Waals surface area (Å²) in [6.07, 6.45) is 1.17. The van der Waals surface area contributed by atoms with Crippen LogP contribution in [-0.4, -0.2) is 11.0 Å². The Labute approximate surface area is 201 Å². The van der Waals surface area contributed by atoms with Gasteiger partial charge in [0.15, 0.2) is 0 Å². The highest BCUT2D eigenvalue weighted by atomic mass is 15.4. The van der Waals surface area contributed by atoms with E-state index in [0.29, 0.717) is 0 Å². The van der Waals surface area contributed by atoms with Gasteiger partial charge in [-0.3, -0.25) is 0 Å². The van der Waals surface area contributed by atoms with Crippen molar-refractivity contribution in [3.63, 3.8) is 0 Å². The Morgan fingerprint density at radius 2 is 1.06 bits per heavy atom. The monoisotopic (exact) mass is 440 g/mol. The van der Waals surface area contributed by atoms with E-state index in [-0.39, 0.29) is 0 Å². The van der Waals surface area contributed by atoms with Crippen molar-refractivity contribution in [1.82, 2.24) is 0 Å². The van der Waals surface area contributed by atoms with Crippen molar-refractivity contribution >= 4 is 21.5 Å². The first-order valence-electron chi connectivity index (χ1n) is 12.6. The van der Waals surface area contributed by atoms with E-state index in [1.807, 2.05) is 0 Å². The van der Waals surface area contributed by atoms with Gasteiger partial charge in [0.05, 0.1) is 6.54 Å². The molecule has 34 heavy (non-hydrogen) atoms. The van der Waals surface area contributed by atoms with Crippen LogP contribution in [0.3, 0.4) is 0 Å². The molecule has 2 aliphatic rings. The zero-order chi connectivity index (χ0) is 22.9. The fourth-order valence-corrected chi connectivity index (χ4v) is 6.79. The van der Waals surface area contributed by atoms with Gasteiger partial charge >= 0.3 is 0 Å². The van der Waals surface area contributed by atoms with E-state index in [1.165, 1.54) is 62.3 Å². The number of rotatable bonds is 0. The minimum Gasteiger partial charge on any atom is -0.312 e. The Morgan fingerprint density at radius 1 is 0.559 bits per heavy atom. The summed E-state index contributed by atoms with van der Waals surface area (Å²) in [5.41, 5.74) is 12.0. The summed E-state index contributed by atoms with van der Waals surface area (Å²) >= 11 is 0. The van der Waals surface area contributed by atoms with E-state index in [1.54, 1.807) is 16.7 Å². The molecule has 0 atom stereocenters. The first-order valence-corrected chi connectivity index (χ1v) is 12.6. The van der Waals surface area contributed by atoms with Crippen LogP contribution in [0.25, 0.3) is 32.7 Å². The van der Waals surface area contributed by atoms with E-state index >= 15 is 0 Å². The quantitative estimate of drug-likeness (QED) is 0.215. The minimum absolute atomic E-state index is 1.10. The number of hydrogen-bond acceptors (Lipinski definition) is 0. The van der Waals surface area contributed by atoms with Crippen molar-refractivity contribution in [1.29, 1.82) is 0 Å². The van der Waals surface area contributed by atoms with Crippen molar-refractivity contribution in [2.24, 2.45) is 0 Å². The van der Waals surface area contributed by atoms with Gasteiger partial charge in [-0.05, 0) is 63.2 Å². The number of hydrogen-bond donors (Lipinski definition) is 0. The van der Waals surface area contributed by atoms with Gasteiger partial charge < -0.3 is 4.48 Å². The highest BCUT2D eigenvalue weighted by Crippen LogP contribution is 2.47. The molecule has 0 N–H and O–H groups in total. The van der Waals surface area contributed by atoms with Crippen molar-refractivity contribution in [2.45, 2.75) is 39.9 Å². The molecule has 1 nitrogen and oxygen atoms in total.